The monoisotopic (exact) mass is 283 g/mol. The highest BCUT2D eigenvalue weighted by atomic mass is 16.4. The van der Waals surface area contributed by atoms with Crippen LogP contribution in [0.4, 0.5) is 0 Å². The second-order valence-corrected chi connectivity index (χ2v) is 6.51. The van der Waals surface area contributed by atoms with Crippen LogP contribution in [0.3, 0.4) is 0 Å². The van der Waals surface area contributed by atoms with Gasteiger partial charge in [-0.15, -0.1) is 0 Å². The van der Waals surface area contributed by atoms with Crippen LogP contribution >= 0.6 is 0 Å². The Hall–Kier alpha value is -1.10. The zero-order valence-corrected chi connectivity index (χ0v) is 12.3. The smallest absolute Gasteiger partial charge is 0.307 e. The molecule has 0 saturated heterocycles. The molecule has 5 nitrogen and oxygen atoms in total. The van der Waals surface area contributed by atoms with Gasteiger partial charge < -0.3 is 15.1 Å². The van der Waals surface area contributed by atoms with E-state index in [-0.39, 0.29) is 17.9 Å². The topological polar surface area (TPSA) is 77.8 Å². The van der Waals surface area contributed by atoms with Gasteiger partial charge in [-0.3, -0.25) is 9.59 Å². The van der Waals surface area contributed by atoms with E-state index in [1.807, 2.05) is 0 Å². The third kappa shape index (κ3) is 3.14. The third-order valence-corrected chi connectivity index (χ3v) is 4.99. The highest BCUT2D eigenvalue weighted by molar-refractivity contribution is 5.85. The number of rotatable bonds is 5. The van der Waals surface area contributed by atoms with Crippen molar-refractivity contribution in [1.82, 2.24) is 4.90 Å². The summed E-state index contributed by atoms with van der Waals surface area (Å²) in [7, 11) is 1.76. The maximum absolute atomic E-state index is 12.5. The van der Waals surface area contributed by atoms with Gasteiger partial charge >= 0.3 is 5.97 Å². The molecule has 0 bridgehead atoms. The minimum Gasteiger partial charge on any atom is -0.481 e. The maximum Gasteiger partial charge on any atom is 0.307 e. The number of nitrogens with zero attached hydrogens (tertiary/aromatic N) is 1. The van der Waals surface area contributed by atoms with E-state index in [2.05, 4.69) is 6.92 Å². The zero-order valence-electron chi connectivity index (χ0n) is 12.3. The van der Waals surface area contributed by atoms with Gasteiger partial charge in [0.15, 0.2) is 0 Å². The normalized spacial score (nSPS) is 36.5. The van der Waals surface area contributed by atoms with E-state index in [0.717, 1.165) is 19.3 Å². The van der Waals surface area contributed by atoms with Crippen molar-refractivity contribution in [2.45, 2.75) is 45.1 Å². The van der Waals surface area contributed by atoms with Gasteiger partial charge in [-0.05, 0) is 37.5 Å². The predicted molar refractivity (Wildman–Crippen MR) is 74.0 cm³/mol. The van der Waals surface area contributed by atoms with Crippen LogP contribution < -0.4 is 0 Å². The summed E-state index contributed by atoms with van der Waals surface area (Å²) in [6, 6.07) is 0. The maximum atomic E-state index is 12.5. The second kappa shape index (κ2) is 6.12. The molecule has 0 heterocycles. The SMILES string of the molecule is CCC1CC(C(=O)O)C(C(=O)N(C)CC2CC(O)C2)C1. The van der Waals surface area contributed by atoms with Gasteiger partial charge in [0.2, 0.25) is 5.91 Å². The molecule has 114 valence electrons. The zero-order chi connectivity index (χ0) is 14.9. The Balaban J connectivity index is 1.93. The Kier molecular flexibility index (Phi) is 4.68. The molecule has 2 saturated carbocycles. The predicted octanol–water partition coefficient (Wildman–Crippen LogP) is 1.35. The molecule has 5 heteroatoms. The van der Waals surface area contributed by atoms with Crippen molar-refractivity contribution in [3.05, 3.63) is 0 Å². The summed E-state index contributed by atoms with van der Waals surface area (Å²) in [6.45, 7) is 2.69. The fourth-order valence-electron chi connectivity index (χ4n) is 3.63. The summed E-state index contributed by atoms with van der Waals surface area (Å²) in [5, 5.41) is 18.6. The molecule has 0 aromatic heterocycles. The number of carboxylic acids is 1. The molecule has 3 atom stereocenters. The molecule has 3 unspecified atom stereocenters. The minimum atomic E-state index is -0.841. The van der Waals surface area contributed by atoms with Crippen molar-refractivity contribution in [2.75, 3.05) is 13.6 Å². The van der Waals surface area contributed by atoms with Crippen molar-refractivity contribution < 1.29 is 19.8 Å². The molecular weight excluding hydrogens is 258 g/mol. The summed E-state index contributed by atoms with van der Waals surface area (Å²) >= 11 is 0. The van der Waals surface area contributed by atoms with Crippen LogP contribution in [0.2, 0.25) is 0 Å². The van der Waals surface area contributed by atoms with Gasteiger partial charge in [-0.1, -0.05) is 13.3 Å². The van der Waals surface area contributed by atoms with E-state index in [9.17, 15) is 19.8 Å². The fourth-order valence-corrected chi connectivity index (χ4v) is 3.63. The van der Waals surface area contributed by atoms with E-state index >= 15 is 0 Å². The van der Waals surface area contributed by atoms with Crippen LogP contribution in [0.1, 0.15) is 39.0 Å². The number of aliphatic carboxylic acids is 1. The van der Waals surface area contributed by atoms with E-state index in [1.165, 1.54) is 0 Å². The first-order valence-corrected chi connectivity index (χ1v) is 7.58. The molecule has 0 radical (unpaired) electrons. The van der Waals surface area contributed by atoms with Gasteiger partial charge in [-0.25, -0.2) is 0 Å². The molecule has 2 aliphatic rings. The number of carbonyl (C=O) groups is 2. The van der Waals surface area contributed by atoms with Gasteiger partial charge in [0.25, 0.3) is 0 Å². The lowest BCUT2D eigenvalue weighted by molar-refractivity contribution is -0.149. The van der Waals surface area contributed by atoms with E-state index in [0.29, 0.717) is 31.2 Å². The number of aliphatic hydroxyl groups excluding tert-OH is 1. The number of hydrogen-bond donors (Lipinski definition) is 2. The number of amides is 1. The molecule has 2 N–H and O–H groups in total. The number of carboxylic acid groups (broad SMARTS) is 1. The van der Waals surface area contributed by atoms with Crippen LogP contribution in [0, 0.1) is 23.7 Å². The quantitative estimate of drug-likeness (QED) is 0.798. The van der Waals surface area contributed by atoms with Gasteiger partial charge in [0.1, 0.15) is 0 Å². The Morgan fingerprint density at radius 1 is 1.10 bits per heavy atom. The Labute approximate surface area is 120 Å². The summed E-state index contributed by atoms with van der Waals surface area (Å²) in [4.78, 5) is 25.5. The summed E-state index contributed by atoms with van der Waals surface area (Å²) in [6.07, 6.45) is 3.55. The molecule has 2 rings (SSSR count). The first-order chi connectivity index (χ1) is 9.42. The van der Waals surface area contributed by atoms with Crippen LogP contribution in [-0.2, 0) is 9.59 Å². The van der Waals surface area contributed by atoms with Crippen molar-refractivity contribution in [2.24, 2.45) is 23.7 Å². The second-order valence-electron chi connectivity index (χ2n) is 6.51. The fraction of sp³-hybridized carbons (Fsp3) is 0.867. The first kappa shape index (κ1) is 15.3. The van der Waals surface area contributed by atoms with E-state index in [1.54, 1.807) is 11.9 Å². The molecule has 20 heavy (non-hydrogen) atoms. The van der Waals surface area contributed by atoms with Crippen molar-refractivity contribution >= 4 is 11.9 Å². The first-order valence-electron chi connectivity index (χ1n) is 7.58. The summed E-state index contributed by atoms with van der Waals surface area (Å²) in [5.74, 6) is -1.05. The highest BCUT2D eigenvalue weighted by Gasteiger charge is 2.43. The van der Waals surface area contributed by atoms with Crippen LogP contribution in [-0.4, -0.2) is 46.7 Å². The third-order valence-electron chi connectivity index (χ3n) is 4.99. The lowest BCUT2D eigenvalue weighted by atomic mass is 9.82. The van der Waals surface area contributed by atoms with E-state index < -0.39 is 11.9 Å². The van der Waals surface area contributed by atoms with Crippen molar-refractivity contribution in [3.8, 4) is 0 Å². The number of carbonyl (C=O) groups excluding carboxylic acids is 1. The van der Waals surface area contributed by atoms with Gasteiger partial charge in [0.05, 0.1) is 17.9 Å². The molecule has 0 aromatic rings. The van der Waals surface area contributed by atoms with Crippen LogP contribution in [0.5, 0.6) is 0 Å². The van der Waals surface area contributed by atoms with Crippen LogP contribution in [0.25, 0.3) is 0 Å². The summed E-state index contributed by atoms with van der Waals surface area (Å²) in [5.41, 5.74) is 0. The molecular formula is C15H25NO4. The average Bonchev–Trinajstić information content (AvgIpc) is 2.80. The largest absolute Gasteiger partial charge is 0.481 e. The van der Waals surface area contributed by atoms with Gasteiger partial charge in [0, 0.05) is 13.6 Å². The average molecular weight is 283 g/mol. The molecule has 2 fully saturated rings. The molecule has 1 amide bonds. The lowest BCUT2D eigenvalue weighted by Gasteiger charge is -2.35. The summed E-state index contributed by atoms with van der Waals surface area (Å²) < 4.78 is 0. The van der Waals surface area contributed by atoms with E-state index in [4.69, 9.17) is 0 Å². The Morgan fingerprint density at radius 3 is 2.20 bits per heavy atom. The molecule has 0 aliphatic heterocycles. The molecule has 0 aromatic carbocycles. The number of hydrogen-bond acceptors (Lipinski definition) is 3. The standard InChI is InChI=1S/C15H25NO4/c1-3-9-6-12(13(7-9)15(19)20)14(18)16(2)8-10-4-11(17)5-10/h9-13,17H,3-8H2,1-2H3,(H,19,20). The van der Waals surface area contributed by atoms with Gasteiger partial charge in [-0.2, -0.15) is 0 Å². The lowest BCUT2D eigenvalue weighted by Crippen LogP contribution is -2.43. The van der Waals surface area contributed by atoms with Crippen LogP contribution in [0.15, 0.2) is 0 Å². The van der Waals surface area contributed by atoms with Crippen molar-refractivity contribution in [3.63, 3.8) is 0 Å². The molecule has 0 spiro atoms. The Morgan fingerprint density at radius 2 is 1.70 bits per heavy atom. The minimum absolute atomic E-state index is 0.0326. The van der Waals surface area contributed by atoms with Crippen molar-refractivity contribution in [1.29, 1.82) is 0 Å². The highest BCUT2D eigenvalue weighted by Crippen LogP contribution is 2.39. The number of aliphatic hydroxyl groups is 1. The molecule has 2 aliphatic carbocycles. The Bertz CT molecular complexity index is 378.